The molecule has 0 unspecified atom stereocenters. The van der Waals surface area contributed by atoms with E-state index in [-0.39, 0.29) is 29.1 Å². The third-order valence-electron chi connectivity index (χ3n) is 4.27. The highest BCUT2D eigenvalue weighted by atomic mass is 35.5. The number of nitrogens with one attached hydrogen (secondary N) is 2. The lowest BCUT2D eigenvalue weighted by Gasteiger charge is -2.30. The van der Waals surface area contributed by atoms with E-state index in [1.165, 1.54) is 4.31 Å². The van der Waals surface area contributed by atoms with Crippen LogP contribution in [0.1, 0.15) is 19.8 Å². The van der Waals surface area contributed by atoms with Gasteiger partial charge in [-0.1, -0.05) is 0 Å². The highest BCUT2D eigenvalue weighted by molar-refractivity contribution is 7.89. The molecule has 1 heterocycles. The highest BCUT2D eigenvalue weighted by Gasteiger charge is 2.31. The molecule has 0 bridgehead atoms. The second kappa shape index (κ2) is 10.7. The molecule has 0 spiro atoms. The molecule has 9 heteroatoms. The summed E-state index contributed by atoms with van der Waals surface area (Å²) in [6.07, 6.45) is 1.09. The Bertz CT molecular complexity index is 659. The summed E-state index contributed by atoms with van der Waals surface area (Å²) in [5, 5.41) is 5.85. The summed E-state index contributed by atoms with van der Waals surface area (Å²) in [5.74, 6) is 0.537. The molecule has 1 amide bonds. The zero-order chi connectivity index (χ0) is 18.3. The topological polar surface area (TPSA) is 87.7 Å². The minimum atomic E-state index is -3.53. The summed E-state index contributed by atoms with van der Waals surface area (Å²) in [6, 6.07) is 6.46. The molecular formula is C17H28ClN3O4S. The van der Waals surface area contributed by atoms with Gasteiger partial charge in [-0.25, -0.2) is 8.42 Å². The van der Waals surface area contributed by atoms with Gasteiger partial charge in [-0.2, -0.15) is 4.31 Å². The van der Waals surface area contributed by atoms with Gasteiger partial charge in [-0.15, -0.1) is 12.4 Å². The number of halogens is 1. The summed E-state index contributed by atoms with van der Waals surface area (Å²) in [5.41, 5.74) is 0. The monoisotopic (exact) mass is 405 g/mol. The molecule has 0 aromatic heterocycles. The van der Waals surface area contributed by atoms with E-state index < -0.39 is 10.0 Å². The minimum absolute atomic E-state index is 0. The molecule has 0 atom stereocenters. The Kier molecular flexibility index (Phi) is 9.35. The first-order valence-corrected chi connectivity index (χ1v) is 10.1. The average Bonchev–Trinajstić information content (AvgIpc) is 2.63. The van der Waals surface area contributed by atoms with Gasteiger partial charge in [0.1, 0.15) is 5.75 Å². The number of hydrogen-bond donors (Lipinski definition) is 2. The minimum Gasteiger partial charge on any atom is -0.494 e. The van der Waals surface area contributed by atoms with Crippen LogP contribution in [-0.2, 0) is 14.8 Å². The number of amides is 1. The molecular weight excluding hydrogens is 378 g/mol. The number of nitrogens with zero attached hydrogens (tertiary/aromatic N) is 1. The average molecular weight is 406 g/mol. The number of benzene rings is 1. The van der Waals surface area contributed by atoms with Gasteiger partial charge >= 0.3 is 0 Å². The Labute approximate surface area is 161 Å². The fourth-order valence-corrected chi connectivity index (χ4v) is 4.31. The standard InChI is InChI=1S/C17H27N3O4S.ClH/c1-3-24-15-4-6-16(7-5-15)25(22,23)20-12-8-14(9-13-20)17(21)19-11-10-18-2;/h4-7,14,18H,3,8-13H2,1-2H3,(H,19,21);1H. The molecule has 0 radical (unpaired) electrons. The lowest BCUT2D eigenvalue weighted by molar-refractivity contribution is -0.126. The van der Waals surface area contributed by atoms with Crippen LogP contribution < -0.4 is 15.4 Å². The maximum absolute atomic E-state index is 12.7. The number of carbonyl (C=O) groups excluding carboxylic acids is 1. The molecule has 26 heavy (non-hydrogen) atoms. The van der Waals surface area contributed by atoms with Crippen molar-refractivity contribution in [3.63, 3.8) is 0 Å². The molecule has 1 aromatic rings. The van der Waals surface area contributed by atoms with E-state index in [9.17, 15) is 13.2 Å². The van der Waals surface area contributed by atoms with Gasteiger partial charge in [-0.3, -0.25) is 4.79 Å². The zero-order valence-electron chi connectivity index (χ0n) is 15.2. The normalized spacial score (nSPS) is 15.9. The van der Waals surface area contributed by atoms with Gasteiger partial charge in [-0.05, 0) is 51.1 Å². The van der Waals surface area contributed by atoms with Crippen molar-refractivity contribution in [1.29, 1.82) is 0 Å². The van der Waals surface area contributed by atoms with Crippen LogP contribution in [0.5, 0.6) is 5.75 Å². The fourth-order valence-electron chi connectivity index (χ4n) is 2.84. The number of sulfonamides is 1. The van der Waals surface area contributed by atoms with E-state index in [1.807, 2.05) is 14.0 Å². The van der Waals surface area contributed by atoms with Gasteiger partial charge in [0.25, 0.3) is 0 Å². The SMILES string of the molecule is CCOc1ccc(S(=O)(=O)N2CCC(C(=O)NCCNC)CC2)cc1.Cl. The van der Waals surface area contributed by atoms with Crippen molar-refractivity contribution in [2.24, 2.45) is 5.92 Å². The van der Waals surface area contributed by atoms with Crippen LogP contribution in [0, 0.1) is 5.92 Å². The number of rotatable bonds is 8. The Hall–Kier alpha value is -1.35. The molecule has 1 aliphatic heterocycles. The molecule has 2 N–H and O–H groups in total. The number of hydrogen-bond acceptors (Lipinski definition) is 5. The quantitative estimate of drug-likeness (QED) is 0.635. The molecule has 148 valence electrons. The Morgan fingerprint density at radius 3 is 2.35 bits per heavy atom. The molecule has 2 rings (SSSR count). The van der Waals surface area contributed by atoms with Gasteiger partial charge in [0.15, 0.2) is 0 Å². The summed E-state index contributed by atoms with van der Waals surface area (Å²) >= 11 is 0. The summed E-state index contributed by atoms with van der Waals surface area (Å²) in [4.78, 5) is 12.3. The van der Waals surface area contributed by atoms with Crippen molar-refractivity contribution in [3.05, 3.63) is 24.3 Å². The molecule has 0 aliphatic carbocycles. The van der Waals surface area contributed by atoms with E-state index in [0.717, 1.165) is 6.54 Å². The third kappa shape index (κ3) is 5.84. The molecule has 0 saturated carbocycles. The third-order valence-corrected chi connectivity index (χ3v) is 6.18. The van der Waals surface area contributed by atoms with E-state index in [2.05, 4.69) is 10.6 Å². The number of carbonyl (C=O) groups is 1. The van der Waals surface area contributed by atoms with Crippen LogP contribution in [0.4, 0.5) is 0 Å². The Morgan fingerprint density at radius 1 is 1.19 bits per heavy atom. The predicted molar refractivity (Wildman–Crippen MR) is 103 cm³/mol. The maximum atomic E-state index is 12.7. The van der Waals surface area contributed by atoms with E-state index in [4.69, 9.17) is 4.74 Å². The van der Waals surface area contributed by atoms with Crippen LogP contribution >= 0.6 is 12.4 Å². The first-order valence-electron chi connectivity index (χ1n) is 8.64. The lowest BCUT2D eigenvalue weighted by atomic mass is 9.97. The van der Waals surface area contributed by atoms with E-state index >= 15 is 0 Å². The summed E-state index contributed by atoms with van der Waals surface area (Å²) < 4.78 is 32.2. The van der Waals surface area contributed by atoms with Crippen LogP contribution in [0.3, 0.4) is 0 Å². The summed E-state index contributed by atoms with van der Waals surface area (Å²) in [7, 11) is -1.70. The smallest absolute Gasteiger partial charge is 0.243 e. The van der Waals surface area contributed by atoms with Crippen LogP contribution in [-0.4, -0.2) is 58.5 Å². The van der Waals surface area contributed by atoms with Gasteiger partial charge in [0.2, 0.25) is 15.9 Å². The van der Waals surface area contributed by atoms with Crippen LogP contribution in [0.25, 0.3) is 0 Å². The first-order chi connectivity index (χ1) is 12.0. The Morgan fingerprint density at radius 2 is 1.81 bits per heavy atom. The largest absolute Gasteiger partial charge is 0.494 e. The maximum Gasteiger partial charge on any atom is 0.243 e. The number of piperidine rings is 1. The van der Waals surface area contributed by atoms with E-state index in [1.54, 1.807) is 24.3 Å². The van der Waals surface area contributed by atoms with Crippen molar-refractivity contribution in [1.82, 2.24) is 14.9 Å². The van der Waals surface area contributed by atoms with Crippen molar-refractivity contribution in [2.75, 3.05) is 39.8 Å². The van der Waals surface area contributed by atoms with Gasteiger partial charge in [0.05, 0.1) is 11.5 Å². The van der Waals surface area contributed by atoms with Crippen LogP contribution in [0.15, 0.2) is 29.2 Å². The fraction of sp³-hybridized carbons (Fsp3) is 0.588. The second-order valence-corrected chi connectivity index (χ2v) is 7.92. The predicted octanol–water partition coefficient (Wildman–Crippen LogP) is 1.24. The van der Waals surface area contributed by atoms with Crippen molar-refractivity contribution in [2.45, 2.75) is 24.7 Å². The second-order valence-electron chi connectivity index (χ2n) is 5.98. The van der Waals surface area contributed by atoms with Crippen molar-refractivity contribution in [3.8, 4) is 5.75 Å². The van der Waals surface area contributed by atoms with Crippen molar-refractivity contribution >= 4 is 28.3 Å². The number of ether oxygens (including phenoxy) is 1. The molecule has 7 nitrogen and oxygen atoms in total. The highest BCUT2D eigenvalue weighted by Crippen LogP contribution is 2.25. The molecule has 1 aliphatic rings. The zero-order valence-corrected chi connectivity index (χ0v) is 16.9. The van der Waals surface area contributed by atoms with E-state index in [0.29, 0.717) is 44.8 Å². The molecule has 1 fully saturated rings. The first kappa shape index (κ1) is 22.7. The molecule has 1 saturated heterocycles. The van der Waals surface area contributed by atoms with Gasteiger partial charge < -0.3 is 15.4 Å². The summed E-state index contributed by atoms with van der Waals surface area (Å²) in [6.45, 7) is 4.44. The number of likely N-dealkylation sites (N-methyl/N-ethyl adjacent to an activating group) is 1. The molecule has 1 aromatic carbocycles. The lowest BCUT2D eigenvalue weighted by Crippen LogP contribution is -2.43. The van der Waals surface area contributed by atoms with Crippen molar-refractivity contribution < 1.29 is 17.9 Å². The Balaban J connectivity index is 0.00000338. The van der Waals surface area contributed by atoms with Crippen LogP contribution in [0.2, 0.25) is 0 Å². The van der Waals surface area contributed by atoms with Gasteiger partial charge in [0, 0.05) is 32.1 Å².